The highest BCUT2D eigenvalue weighted by atomic mass is 16.5. The molecule has 3 heterocycles. The molecule has 8 nitrogen and oxygen atoms in total. The smallest absolute Gasteiger partial charge is 0.336 e. The molecule has 0 bridgehead atoms. The second kappa shape index (κ2) is 8.78. The SMILES string of the molecule is COc1ccccc1-c1ccnc(Nc2ccc3c(C4CNCCO4)cc(=O)oc3c2)n1. The van der Waals surface area contributed by atoms with Crippen molar-refractivity contribution in [2.75, 3.05) is 32.1 Å². The molecule has 162 valence electrons. The van der Waals surface area contributed by atoms with Gasteiger partial charge < -0.3 is 24.5 Å². The topological polar surface area (TPSA) is 98.5 Å². The summed E-state index contributed by atoms with van der Waals surface area (Å²) in [5.74, 6) is 1.16. The van der Waals surface area contributed by atoms with Crippen molar-refractivity contribution < 1.29 is 13.9 Å². The summed E-state index contributed by atoms with van der Waals surface area (Å²) in [7, 11) is 1.63. The summed E-state index contributed by atoms with van der Waals surface area (Å²) in [6.07, 6.45) is 1.50. The number of fused-ring (bicyclic) bond motifs is 1. The number of rotatable bonds is 5. The summed E-state index contributed by atoms with van der Waals surface area (Å²) >= 11 is 0. The monoisotopic (exact) mass is 430 g/mol. The molecule has 2 aromatic carbocycles. The van der Waals surface area contributed by atoms with Gasteiger partial charge in [0.2, 0.25) is 5.95 Å². The molecule has 1 atom stereocenters. The molecule has 1 unspecified atom stereocenters. The van der Waals surface area contributed by atoms with Crippen LogP contribution in [-0.4, -0.2) is 36.8 Å². The second-order valence-electron chi connectivity index (χ2n) is 7.39. The molecule has 0 spiro atoms. The predicted molar refractivity (Wildman–Crippen MR) is 121 cm³/mol. The van der Waals surface area contributed by atoms with Gasteiger partial charge in [0.05, 0.1) is 25.5 Å². The summed E-state index contributed by atoms with van der Waals surface area (Å²) < 4.78 is 16.7. The molecule has 1 saturated heterocycles. The molecule has 0 saturated carbocycles. The van der Waals surface area contributed by atoms with Crippen molar-refractivity contribution in [3.63, 3.8) is 0 Å². The molecule has 0 radical (unpaired) electrons. The summed E-state index contributed by atoms with van der Waals surface area (Å²) in [5.41, 5.74) is 3.20. The van der Waals surface area contributed by atoms with Gasteiger partial charge in [-0.1, -0.05) is 12.1 Å². The highest BCUT2D eigenvalue weighted by Gasteiger charge is 2.20. The number of benzene rings is 2. The van der Waals surface area contributed by atoms with Crippen LogP contribution < -0.4 is 21.0 Å². The molecule has 2 aromatic heterocycles. The van der Waals surface area contributed by atoms with E-state index in [1.54, 1.807) is 19.4 Å². The minimum atomic E-state index is -0.409. The first-order valence-electron chi connectivity index (χ1n) is 10.3. The number of anilines is 2. The van der Waals surface area contributed by atoms with Crippen LogP contribution in [0.2, 0.25) is 0 Å². The Labute approximate surface area is 184 Å². The van der Waals surface area contributed by atoms with E-state index in [1.807, 2.05) is 42.5 Å². The molecule has 0 amide bonds. The van der Waals surface area contributed by atoms with Gasteiger partial charge in [0.15, 0.2) is 0 Å². The standard InChI is InChI=1S/C24H22N4O4/c1-30-20-5-3-2-4-17(20)19-8-9-26-24(28-19)27-15-6-7-16-18(22-14-25-10-11-31-22)13-23(29)32-21(16)12-15/h2-9,12-13,22,25H,10-11,14H2,1H3,(H,26,27,28). The Balaban J connectivity index is 1.47. The van der Waals surface area contributed by atoms with Crippen LogP contribution in [-0.2, 0) is 4.74 Å². The first kappa shape index (κ1) is 20.2. The van der Waals surface area contributed by atoms with Crippen molar-refractivity contribution in [2.24, 2.45) is 0 Å². The number of hydrogen-bond donors (Lipinski definition) is 2. The predicted octanol–water partition coefficient (Wildman–Crippen LogP) is 3.66. The molecule has 4 aromatic rings. The number of nitrogens with zero attached hydrogens (tertiary/aromatic N) is 2. The fourth-order valence-electron chi connectivity index (χ4n) is 3.85. The highest BCUT2D eigenvalue weighted by molar-refractivity contribution is 5.84. The maximum absolute atomic E-state index is 12.2. The van der Waals surface area contributed by atoms with Gasteiger partial charge in [-0.25, -0.2) is 14.8 Å². The summed E-state index contributed by atoms with van der Waals surface area (Å²) in [6, 6.07) is 16.6. The van der Waals surface area contributed by atoms with E-state index in [4.69, 9.17) is 13.9 Å². The van der Waals surface area contributed by atoms with Gasteiger partial charge in [0.1, 0.15) is 11.3 Å². The lowest BCUT2D eigenvalue weighted by Gasteiger charge is -2.24. The van der Waals surface area contributed by atoms with Crippen LogP contribution in [0.1, 0.15) is 11.7 Å². The maximum atomic E-state index is 12.2. The third-order valence-corrected chi connectivity index (χ3v) is 5.35. The van der Waals surface area contributed by atoms with E-state index in [0.717, 1.165) is 34.5 Å². The number of morpholine rings is 1. The second-order valence-corrected chi connectivity index (χ2v) is 7.39. The van der Waals surface area contributed by atoms with Crippen LogP contribution in [0.25, 0.3) is 22.2 Å². The van der Waals surface area contributed by atoms with Gasteiger partial charge in [-0.15, -0.1) is 0 Å². The van der Waals surface area contributed by atoms with E-state index >= 15 is 0 Å². The third kappa shape index (κ3) is 4.05. The molecule has 1 aliphatic rings. The zero-order valence-corrected chi connectivity index (χ0v) is 17.5. The zero-order valence-electron chi connectivity index (χ0n) is 17.5. The molecule has 8 heteroatoms. The van der Waals surface area contributed by atoms with Crippen molar-refractivity contribution >= 4 is 22.6 Å². The van der Waals surface area contributed by atoms with Crippen LogP contribution in [0.5, 0.6) is 5.75 Å². The zero-order chi connectivity index (χ0) is 21.9. The Kier molecular flexibility index (Phi) is 5.53. The van der Waals surface area contributed by atoms with E-state index in [2.05, 4.69) is 20.6 Å². The molecule has 2 N–H and O–H groups in total. The quantitative estimate of drug-likeness (QED) is 0.463. The molecule has 1 aliphatic heterocycles. The number of ether oxygens (including phenoxy) is 2. The van der Waals surface area contributed by atoms with Gasteiger partial charge in [-0.2, -0.15) is 0 Å². The Morgan fingerprint density at radius 2 is 2.06 bits per heavy atom. The number of aromatic nitrogens is 2. The van der Waals surface area contributed by atoms with Gasteiger partial charge in [-0.05, 0) is 30.3 Å². The lowest BCUT2D eigenvalue weighted by Crippen LogP contribution is -2.33. The third-order valence-electron chi connectivity index (χ3n) is 5.35. The number of methoxy groups -OCH3 is 1. The maximum Gasteiger partial charge on any atom is 0.336 e. The Hall–Kier alpha value is -3.75. The summed E-state index contributed by atoms with van der Waals surface area (Å²) in [5, 5.41) is 7.33. The first-order chi connectivity index (χ1) is 15.7. The van der Waals surface area contributed by atoms with Crippen LogP contribution in [0.15, 0.2) is 70.0 Å². The highest BCUT2D eigenvalue weighted by Crippen LogP contribution is 2.30. The summed E-state index contributed by atoms with van der Waals surface area (Å²) in [4.78, 5) is 21.1. The van der Waals surface area contributed by atoms with Crippen molar-refractivity contribution in [3.8, 4) is 17.0 Å². The first-order valence-corrected chi connectivity index (χ1v) is 10.3. The van der Waals surface area contributed by atoms with E-state index in [9.17, 15) is 4.79 Å². The van der Waals surface area contributed by atoms with E-state index in [-0.39, 0.29) is 6.10 Å². The minimum absolute atomic E-state index is 0.185. The van der Waals surface area contributed by atoms with Gasteiger partial charge in [0, 0.05) is 53.6 Å². The van der Waals surface area contributed by atoms with Crippen LogP contribution in [0.4, 0.5) is 11.6 Å². The van der Waals surface area contributed by atoms with Crippen LogP contribution >= 0.6 is 0 Å². The number of nitrogens with one attached hydrogen (secondary N) is 2. The lowest BCUT2D eigenvalue weighted by molar-refractivity contribution is 0.0283. The van der Waals surface area contributed by atoms with Crippen molar-refractivity contribution in [3.05, 3.63) is 76.8 Å². The Bertz CT molecular complexity index is 1310. The molecular weight excluding hydrogens is 408 g/mol. The average molecular weight is 430 g/mol. The molecule has 32 heavy (non-hydrogen) atoms. The molecular formula is C24H22N4O4. The molecule has 0 aliphatic carbocycles. The fourth-order valence-corrected chi connectivity index (χ4v) is 3.85. The van der Waals surface area contributed by atoms with E-state index in [0.29, 0.717) is 30.4 Å². The largest absolute Gasteiger partial charge is 0.496 e. The molecule has 5 rings (SSSR count). The Morgan fingerprint density at radius 3 is 2.91 bits per heavy atom. The number of para-hydroxylation sites is 1. The van der Waals surface area contributed by atoms with Crippen LogP contribution in [0.3, 0.4) is 0 Å². The molecule has 1 fully saturated rings. The van der Waals surface area contributed by atoms with E-state index < -0.39 is 5.63 Å². The number of hydrogen-bond acceptors (Lipinski definition) is 8. The normalized spacial score (nSPS) is 16.1. The summed E-state index contributed by atoms with van der Waals surface area (Å²) in [6.45, 7) is 2.06. The van der Waals surface area contributed by atoms with Crippen LogP contribution in [0, 0.1) is 0 Å². The van der Waals surface area contributed by atoms with Gasteiger partial charge in [-0.3, -0.25) is 0 Å². The van der Waals surface area contributed by atoms with Crippen molar-refractivity contribution in [1.82, 2.24) is 15.3 Å². The average Bonchev–Trinajstić information content (AvgIpc) is 2.84. The Morgan fingerprint density at radius 1 is 1.16 bits per heavy atom. The van der Waals surface area contributed by atoms with Gasteiger partial charge in [0.25, 0.3) is 0 Å². The van der Waals surface area contributed by atoms with Gasteiger partial charge >= 0.3 is 5.63 Å². The van der Waals surface area contributed by atoms with Crippen molar-refractivity contribution in [2.45, 2.75) is 6.10 Å². The van der Waals surface area contributed by atoms with Crippen molar-refractivity contribution in [1.29, 1.82) is 0 Å². The fraction of sp³-hybridized carbons (Fsp3) is 0.208. The minimum Gasteiger partial charge on any atom is -0.496 e. The lowest BCUT2D eigenvalue weighted by atomic mass is 10.0. The van der Waals surface area contributed by atoms with E-state index in [1.165, 1.54) is 6.07 Å².